The Morgan fingerprint density at radius 1 is 1.21 bits per heavy atom. The van der Waals surface area contributed by atoms with Gasteiger partial charge in [-0.2, -0.15) is 5.10 Å². The van der Waals surface area contributed by atoms with E-state index in [4.69, 9.17) is 21.1 Å². The molecule has 1 N–H and O–H groups in total. The molecule has 1 heterocycles. The van der Waals surface area contributed by atoms with Gasteiger partial charge in [0.2, 0.25) is 12.7 Å². The third-order valence-corrected chi connectivity index (χ3v) is 4.48. The molecule has 0 spiro atoms. The maximum absolute atomic E-state index is 11.8. The van der Waals surface area contributed by atoms with Crippen molar-refractivity contribution >= 4 is 35.5 Å². The summed E-state index contributed by atoms with van der Waals surface area (Å²) >= 11 is 7.43. The zero-order chi connectivity index (χ0) is 16.8. The van der Waals surface area contributed by atoms with E-state index < -0.39 is 0 Å². The molecule has 2 aromatic carbocycles. The first-order valence-electron chi connectivity index (χ1n) is 7.30. The number of hydrogen-bond donors (Lipinski definition) is 1. The van der Waals surface area contributed by atoms with Crippen molar-refractivity contribution in [1.29, 1.82) is 0 Å². The number of hydrogen-bond acceptors (Lipinski definition) is 5. The lowest BCUT2D eigenvalue weighted by atomic mass is 10.2. The number of rotatable bonds is 6. The van der Waals surface area contributed by atoms with Gasteiger partial charge in [0.1, 0.15) is 0 Å². The molecule has 5 nitrogen and oxygen atoms in total. The molecule has 2 aromatic rings. The second-order valence-electron chi connectivity index (χ2n) is 4.96. The van der Waals surface area contributed by atoms with Crippen LogP contribution in [0.5, 0.6) is 11.5 Å². The predicted molar refractivity (Wildman–Crippen MR) is 95.1 cm³/mol. The molecule has 1 aliphatic heterocycles. The van der Waals surface area contributed by atoms with E-state index in [0.29, 0.717) is 22.9 Å². The first-order chi connectivity index (χ1) is 11.7. The molecular weight excluding hydrogens is 348 g/mol. The third-order valence-electron chi connectivity index (χ3n) is 3.21. The van der Waals surface area contributed by atoms with Crippen LogP contribution in [0.4, 0.5) is 0 Å². The lowest BCUT2D eigenvalue weighted by molar-refractivity contribution is -0.120. The smallest absolute Gasteiger partial charge is 0.240 e. The summed E-state index contributed by atoms with van der Waals surface area (Å²) in [6.45, 7) is 0.234. The van der Waals surface area contributed by atoms with Crippen LogP contribution in [0.1, 0.15) is 12.0 Å². The molecule has 3 rings (SSSR count). The van der Waals surface area contributed by atoms with Gasteiger partial charge in [-0.05, 0) is 48.0 Å². The maximum Gasteiger partial charge on any atom is 0.240 e. The highest BCUT2D eigenvalue weighted by Crippen LogP contribution is 2.31. The Morgan fingerprint density at radius 2 is 2.00 bits per heavy atom. The van der Waals surface area contributed by atoms with Gasteiger partial charge in [-0.3, -0.25) is 4.79 Å². The molecule has 0 fully saturated rings. The Balaban J connectivity index is 1.41. The third kappa shape index (κ3) is 4.66. The van der Waals surface area contributed by atoms with Gasteiger partial charge in [-0.15, -0.1) is 11.8 Å². The number of carbonyl (C=O) groups excluding carboxylic acids is 1. The molecule has 1 amide bonds. The number of nitrogens with zero attached hydrogens (tertiary/aromatic N) is 1. The molecule has 1 aliphatic rings. The summed E-state index contributed by atoms with van der Waals surface area (Å²) < 4.78 is 10.5. The normalized spacial score (nSPS) is 12.5. The van der Waals surface area contributed by atoms with Crippen molar-refractivity contribution in [2.75, 3.05) is 12.5 Å². The van der Waals surface area contributed by atoms with E-state index in [0.717, 1.165) is 16.2 Å². The Hall–Kier alpha value is -2.18. The van der Waals surface area contributed by atoms with Crippen LogP contribution in [-0.4, -0.2) is 24.7 Å². The molecular formula is C17H15ClN2O3S. The first-order valence-corrected chi connectivity index (χ1v) is 8.67. The fraction of sp³-hybridized carbons (Fsp3) is 0.176. The van der Waals surface area contributed by atoms with Crippen LogP contribution in [0, 0.1) is 0 Å². The standard InChI is InChI=1S/C17H15ClN2O3S/c18-13-2-4-14(5-3-13)24-8-7-17(21)20-19-10-12-1-6-15-16(9-12)23-11-22-15/h1-6,9-10H,7-8,11H2,(H,20,21)/b19-10-. The van der Waals surface area contributed by atoms with Gasteiger partial charge in [0.25, 0.3) is 0 Å². The van der Waals surface area contributed by atoms with E-state index in [1.165, 1.54) is 0 Å². The van der Waals surface area contributed by atoms with Gasteiger partial charge in [0.05, 0.1) is 6.21 Å². The van der Waals surface area contributed by atoms with Crippen LogP contribution in [0.25, 0.3) is 0 Å². The molecule has 0 saturated heterocycles. The quantitative estimate of drug-likeness (QED) is 0.483. The van der Waals surface area contributed by atoms with Crippen LogP contribution < -0.4 is 14.9 Å². The highest BCUT2D eigenvalue weighted by atomic mass is 35.5. The fourth-order valence-corrected chi connectivity index (χ4v) is 3.00. The van der Waals surface area contributed by atoms with Crippen molar-refractivity contribution in [1.82, 2.24) is 5.43 Å². The van der Waals surface area contributed by atoms with Crippen LogP contribution in [0.3, 0.4) is 0 Å². The number of halogens is 1. The van der Waals surface area contributed by atoms with E-state index in [-0.39, 0.29) is 12.7 Å². The maximum atomic E-state index is 11.8. The fourth-order valence-electron chi connectivity index (χ4n) is 2.02. The summed E-state index contributed by atoms with van der Waals surface area (Å²) in [5, 5.41) is 4.66. The largest absolute Gasteiger partial charge is 0.454 e. The molecule has 0 saturated carbocycles. The summed E-state index contributed by atoms with van der Waals surface area (Å²) in [4.78, 5) is 12.8. The van der Waals surface area contributed by atoms with E-state index in [2.05, 4.69) is 10.5 Å². The molecule has 0 bridgehead atoms. The summed E-state index contributed by atoms with van der Waals surface area (Å²) in [5.74, 6) is 1.95. The van der Waals surface area contributed by atoms with Crippen molar-refractivity contribution in [3.8, 4) is 11.5 Å². The van der Waals surface area contributed by atoms with Gasteiger partial charge in [0, 0.05) is 22.1 Å². The summed E-state index contributed by atoms with van der Waals surface area (Å²) in [7, 11) is 0. The molecule has 7 heteroatoms. The van der Waals surface area contributed by atoms with E-state index in [9.17, 15) is 4.79 Å². The average molecular weight is 363 g/mol. The highest BCUT2D eigenvalue weighted by Gasteiger charge is 2.12. The minimum absolute atomic E-state index is 0.131. The average Bonchev–Trinajstić information content (AvgIpc) is 3.04. The monoisotopic (exact) mass is 362 g/mol. The van der Waals surface area contributed by atoms with Crippen LogP contribution in [0.2, 0.25) is 5.02 Å². The van der Waals surface area contributed by atoms with Gasteiger partial charge in [-0.1, -0.05) is 11.6 Å². The second-order valence-corrected chi connectivity index (χ2v) is 6.56. The Bertz CT molecular complexity index is 750. The topological polar surface area (TPSA) is 59.9 Å². The highest BCUT2D eigenvalue weighted by molar-refractivity contribution is 7.99. The van der Waals surface area contributed by atoms with Crippen molar-refractivity contribution in [2.24, 2.45) is 5.10 Å². The van der Waals surface area contributed by atoms with Crippen molar-refractivity contribution in [3.63, 3.8) is 0 Å². The minimum Gasteiger partial charge on any atom is -0.454 e. The van der Waals surface area contributed by atoms with Gasteiger partial charge < -0.3 is 9.47 Å². The van der Waals surface area contributed by atoms with Crippen LogP contribution in [-0.2, 0) is 4.79 Å². The summed E-state index contributed by atoms with van der Waals surface area (Å²) in [6, 6.07) is 13.0. The van der Waals surface area contributed by atoms with Gasteiger partial charge >= 0.3 is 0 Å². The SMILES string of the molecule is O=C(CCSc1ccc(Cl)cc1)N/N=C\c1ccc2c(c1)OCO2. The van der Waals surface area contributed by atoms with Crippen molar-refractivity contribution in [3.05, 3.63) is 53.1 Å². The Morgan fingerprint density at radius 3 is 2.83 bits per heavy atom. The first kappa shape index (κ1) is 16.7. The van der Waals surface area contributed by atoms with E-state index in [1.54, 1.807) is 18.0 Å². The predicted octanol–water partition coefficient (Wildman–Crippen LogP) is 3.70. The zero-order valence-electron chi connectivity index (χ0n) is 12.7. The second kappa shape index (κ2) is 8.08. The summed E-state index contributed by atoms with van der Waals surface area (Å²) in [5.41, 5.74) is 3.35. The molecule has 0 aliphatic carbocycles. The van der Waals surface area contributed by atoms with Crippen molar-refractivity contribution in [2.45, 2.75) is 11.3 Å². The number of benzene rings is 2. The van der Waals surface area contributed by atoms with Gasteiger partial charge in [-0.25, -0.2) is 5.43 Å². The van der Waals surface area contributed by atoms with E-state index in [1.807, 2.05) is 42.5 Å². The lowest BCUT2D eigenvalue weighted by Gasteiger charge is -2.02. The number of hydrazone groups is 1. The number of nitrogens with one attached hydrogen (secondary N) is 1. The van der Waals surface area contributed by atoms with Crippen molar-refractivity contribution < 1.29 is 14.3 Å². The Kier molecular flexibility index (Phi) is 5.61. The summed E-state index contributed by atoms with van der Waals surface area (Å²) in [6.07, 6.45) is 1.96. The Labute approximate surface area is 149 Å². The van der Waals surface area contributed by atoms with E-state index >= 15 is 0 Å². The number of fused-ring (bicyclic) bond motifs is 1. The molecule has 0 radical (unpaired) electrons. The van der Waals surface area contributed by atoms with Crippen LogP contribution in [0.15, 0.2) is 52.5 Å². The number of amides is 1. The van der Waals surface area contributed by atoms with Crippen LogP contribution >= 0.6 is 23.4 Å². The minimum atomic E-state index is -0.131. The number of carbonyl (C=O) groups is 1. The zero-order valence-corrected chi connectivity index (χ0v) is 14.3. The lowest BCUT2D eigenvalue weighted by Crippen LogP contribution is -2.17. The molecule has 0 aromatic heterocycles. The molecule has 0 unspecified atom stereocenters. The van der Waals surface area contributed by atoms with Gasteiger partial charge in [0.15, 0.2) is 11.5 Å². The number of thioether (sulfide) groups is 1. The molecule has 124 valence electrons. The molecule has 24 heavy (non-hydrogen) atoms. The molecule has 0 atom stereocenters. The number of ether oxygens (including phenoxy) is 2.